The molecule has 0 saturated heterocycles. The summed E-state index contributed by atoms with van der Waals surface area (Å²) in [5.41, 5.74) is 0.965. The van der Waals surface area contributed by atoms with Gasteiger partial charge in [0, 0.05) is 19.5 Å². The van der Waals surface area contributed by atoms with Crippen molar-refractivity contribution in [1.82, 2.24) is 15.3 Å². The summed E-state index contributed by atoms with van der Waals surface area (Å²) in [5.74, 6) is -0.371. The number of hydrogen-bond donors (Lipinski definition) is 1. The molecule has 2 aromatic heterocycles. The first-order valence-electron chi connectivity index (χ1n) is 5.37. The Morgan fingerprint density at radius 3 is 2.70 bits per heavy atom. The predicted molar refractivity (Wildman–Crippen MR) is 95.1 cm³/mol. The largest absolute Gasteiger partial charge is 0.346 e. The van der Waals surface area contributed by atoms with Crippen LogP contribution in [0.5, 0.6) is 0 Å². The van der Waals surface area contributed by atoms with E-state index in [9.17, 15) is 4.79 Å². The fraction of sp³-hybridized carbons (Fsp3) is 0.0833. The monoisotopic (exact) mass is 533 g/mol. The maximum atomic E-state index is 12.1. The summed E-state index contributed by atoms with van der Waals surface area (Å²) in [6.45, 7) is 0.301. The van der Waals surface area contributed by atoms with Gasteiger partial charge in [0.15, 0.2) is 0 Å². The predicted octanol–water partition coefficient (Wildman–Crippen LogP) is 3.92. The maximum Gasteiger partial charge on any atom is 0.256 e. The topological polar surface area (TPSA) is 54.9 Å². The summed E-state index contributed by atoms with van der Waals surface area (Å²) < 4.78 is 2.03. The van der Waals surface area contributed by atoms with Crippen LogP contribution in [0.25, 0.3) is 0 Å². The highest BCUT2D eigenvalue weighted by Crippen LogP contribution is 2.22. The number of carbonyl (C=O) groups is 1. The lowest BCUT2D eigenvalue weighted by Gasteiger charge is -2.08. The van der Waals surface area contributed by atoms with Crippen molar-refractivity contribution < 1.29 is 4.79 Å². The third-order valence-electron chi connectivity index (χ3n) is 2.38. The van der Waals surface area contributed by atoms with Gasteiger partial charge >= 0.3 is 0 Å². The third kappa shape index (κ3) is 3.92. The summed E-state index contributed by atoms with van der Waals surface area (Å²) >= 11 is 16.2. The van der Waals surface area contributed by atoms with Gasteiger partial charge in [-0.1, -0.05) is 23.2 Å². The van der Waals surface area contributed by atoms with Crippen LogP contribution in [0, 0.1) is 7.14 Å². The molecule has 4 nitrogen and oxygen atoms in total. The molecule has 2 aromatic rings. The Balaban J connectivity index is 2.13. The first-order chi connectivity index (χ1) is 9.49. The molecule has 0 bridgehead atoms. The highest BCUT2D eigenvalue weighted by atomic mass is 127. The van der Waals surface area contributed by atoms with Gasteiger partial charge in [0.2, 0.25) is 0 Å². The van der Waals surface area contributed by atoms with Crippen LogP contribution < -0.4 is 5.32 Å². The molecule has 0 aromatic carbocycles. The normalized spacial score (nSPS) is 10.4. The molecule has 8 heteroatoms. The maximum absolute atomic E-state index is 12.1. The van der Waals surface area contributed by atoms with E-state index in [1.54, 1.807) is 6.20 Å². The summed E-state index contributed by atoms with van der Waals surface area (Å²) in [6.07, 6.45) is 3.19. The van der Waals surface area contributed by atoms with E-state index in [0.29, 0.717) is 6.54 Å². The van der Waals surface area contributed by atoms with E-state index in [4.69, 9.17) is 23.2 Å². The molecule has 0 saturated carbocycles. The van der Waals surface area contributed by atoms with Crippen molar-refractivity contribution in [2.45, 2.75) is 6.54 Å². The Hall–Kier alpha value is -0.190. The second-order valence-corrected chi connectivity index (χ2v) is 6.90. The zero-order valence-electron chi connectivity index (χ0n) is 9.83. The molecule has 1 amide bonds. The van der Waals surface area contributed by atoms with Crippen molar-refractivity contribution in [3.8, 4) is 0 Å². The minimum atomic E-state index is -0.371. The van der Waals surface area contributed by atoms with Crippen molar-refractivity contribution >= 4 is 74.3 Å². The number of hydrogen-bond acceptors (Lipinski definition) is 3. The first kappa shape index (κ1) is 16.2. The number of aromatic nitrogens is 2. The Bertz CT molecular complexity index is 647. The zero-order valence-corrected chi connectivity index (χ0v) is 15.7. The second-order valence-electron chi connectivity index (χ2n) is 3.72. The molecule has 0 unspecified atom stereocenters. The molecule has 1 N–H and O–H groups in total. The number of rotatable bonds is 3. The molecule has 0 atom stereocenters. The molecule has 0 spiro atoms. The van der Waals surface area contributed by atoms with E-state index in [1.165, 1.54) is 12.3 Å². The summed E-state index contributed by atoms with van der Waals surface area (Å²) in [5, 5.41) is 3.09. The Kier molecular flexibility index (Phi) is 5.82. The molecule has 0 aliphatic heterocycles. The number of nitrogens with zero attached hydrogens (tertiary/aromatic N) is 2. The minimum absolute atomic E-state index is 0.0836. The smallest absolute Gasteiger partial charge is 0.256 e. The van der Waals surface area contributed by atoms with E-state index in [-0.39, 0.29) is 21.6 Å². The van der Waals surface area contributed by atoms with Crippen molar-refractivity contribution in [2.24, 2.45) is 0 Å². The van der Waals surface area contributed by atoms with Gasteiger partial charge in [-0.15, -0.1) is 0 Å². The Labute approximate surface area is 152 Å². The second kappa shape index (κ2) is 7.19. The summed E-state index contributed by atoms with van der Waals surface area (Å²) in [7, 11) is 0. The van der Waals surface area contributed by atoms with E-state index in [2.05, 4.69) is 60.5 Å². The van der Waals surface area contributed by atoms with Crippen LogP contribution in [0.3, 0.4) is 0 Å². The quantitative estimate of drug-likeness (QED) is 0.481. The molecule has 104 valence electrons. The van der Waals surface area contributed by atoms with Crippen molar-refractivity contribution in [3.63, 3.8) is 0 Å². The SMILES string of the molecule is O=C(NCc1ncc(I)cc1I)c1c(Cl)ccnc1Cl. The molecule has 0 fully saturated rings. The van der Waals surface area contributed by atoms with E-state index in [0.717, 1.165) is 12.8 Å². The first-order valence-corrected chi connectivity index (χ1v) is 8.28. The minimum Gasteiger partial charge on any atom is -0.346 e. The van der Waals surface area contributed by atoms with E-state index < -0.39 is 0 Å². The highest BCUT2D eigenvalue weighted by molar-refractivity contribution is 14.1. The number of nitrogens with one attached hydrogen (secondary N) is 1. The van der Waals surface area contributed by atoms with Gasteiger partial charge in [0.25, 0.3) is 5.91 Å². The number of halogens is 4. The average molecular weight is 534 g/mol. The van der Waals surface area contributed by atoms with Crippen LogP contribution >= 0.6 is 68.4 Å². The molecule has 2 rings (SSSR count). The fourth-order valence-electron chi connectivity index (χ4n) is 1.44. The van der Waals surface area contributed by atoms with E-state index >= 15 is 0 Å². The Morgan fingerprint density at radius 2 is 2.05 bits per heavy atom. The van der Waals surface area contributed by atoms with Crippen LogP contribution in [-0.2, 0) is 6.54 Å². The molecule has 0 radical (unpaired) electrons. The van der Waals surface area contributed by atoms with Crippen molar-refractivity contribution in [1.29, 1.82) is 0 Å². The van der Waals surface area contributed by atoms with Crippen LogP contribution in [0.15, 0.2) is 24.5 Å². The van der Waals surface area contributed by atoms with Gasteiger partial charge < -0.3 is 5.32 Å². The van der Waals surface area contributed by atoms with Gasteiger partial charge in [-0.3, -0.25) is 9.78 Å². The number of carbonyl (C=O) groups excluding carboxylic acids is 1. The molecule has 20 heavy (non-hydrogen) atoms. The lowest BCUT2D eigenvalue weighted by Crippen LogP contribution is -2.24. The standard InChI is InChI=1S/C12H7Cl2I2N3O/c13-7-1-2-17-11(14)10(7)12(20)19-5-9-8(16)3-6(15)4-18-9/h1-4H,5H2,(H,19,20). The highest BCUT2D eigenvalue weighted by Gasteiger charge is 2.15. The van der Waals surface area contributed by atoms with Crippen LogP contribution in [0.4, 0.5) is 0 Å². The average Bonchev–Trinajstić information content (AvgIpc) is 2.37. The summed E-state index contributed by atoms with van der Waals surface area (Å²) in [4.78, 5) is 20.2. The Morgan fingerprint density at radius 1 is 1.30 bits per heavy atom. The van der Waals surface area contributed by atoms with Gasteiger partial charge in [0.05, 0.1) is 22.8 Å². The lowest BCUT2D eigenvalue weighted by molar-refractivity contribution is 0.0950. The van der Waals surface area contributed by atoms with Crippen LogP contribution in [0.2, 0.25) is 10.2 Å². The van der Waals surface area contributed by atoms with Gasteiger partial charge in [-0.05, 0) is 57.3 Å². The third-order valence-corrected chi connectivity index (χ3v) is 4.51. The van der Waals surface area contributed by atoms with Gasteiger partial charge in [-0.2, -0.15) is 0 Å². The molecule has 0 aliphatic carbocycles. The van der Waals surface area contributed by atoms with E-state index in [1.807, 2.05) is 6.07 Å². The molecule has 0 aliphatic rings. The van der Waals surface area contributed by atoms with Crippen molar-refractivity contribution in [3.05, 3.63) is 53.1 Å². The van der Waals surface area contributed by atoms with Crippen molar-refractivity contribution in [2.75, 3.05) is 0 Å². The van der Waals surface area contributed by atoms with Crippen LogP contribution in [0.1, 0.15) is 16.1 Å². The summed E-state index contributed by atoms with van der Waals surface area (Å²) in [6, 6.07) is 3.51. The lowest BCUT2D eigenvalue weighted by atomic mass is 10.2. The fourth-order valence-corrected chi connectivity index (χ4v) is 3.68. The van der Waals surface area contributed by atoms with Gasteiger partial charge in [-0.25, -0.2) is 4.98 Å². The zero-order chi connectivity index (χ0) is 14.7. The number of pyridine rings is 2. The molecular formula is C12H7Cl2I2N3O. The van der Waals surface area contributed by atoms with Crippen LogP contribution in [-0.4, -0.2) is 15.9 Å². The molecule has 2 heterocycles. The van der Waals surface area contributed by atoms with Gasteiger partial charge in [0.1, 0.15) is 5.15 Å². The molecular weight excluding hydrogens is 527 g/mol. The number of amides is 1.